The van der Waals surface area contributed by atoms with E-state index < -0.39 is 0 Å². The Kier molecular flexibility index (Phi) is 4.76. The SMILES string of the molecule is CN(CCc1ccccc1)CC1CCCN1C=O. The Labute approximate surface area is 109 Å². The molecule has 0 saturated carbocycles. The van der Waals surface area contributed by atoms with Crippen LogP contribution >= 0.6 is 0 Å². The summed E-state index contributed by atoms with van der Waals surface area (Å²) in [5.41, 5.74) is 1.38. The summed E-state index contributed by atoms with van der Waals surface area (Å²) >= 11 is 0. The number of nitrogens with zero attached hydrogens (tertiary/aromatic N) is 2. The molecule has 1 amide bonds. The lowest BCUT2D eigenvalue weighted by Crippen LogP contribution is -2.38. The Morgan fingerprint density at radius 2 is 2.17 bits per heavy atom. The van der Waals surface area contributed by atoms with Crippen LogP contribution in [0.3, 0.4) is 0 Å². The molecule has 0 spiro atoms. The van der Waals surface area contributed by atoms with Crippen LogP contribution in [0.2, 0.25) is 0 Å². The number of likely N-dealkylation sites (tertiary alicyclic amines) is 1. The molecule has 1 fully saturated rings. The highest BCUT2D eigenvalue weighted by molar-refractivity contribution is 5.48. The van der Waals surface area contributed by atoms with E-state index in [1.54, 1.807) is 0 Å². The Morgan fingerprint density at radius 1 is 1.39 bits per heavy atom. The van der Waals surface area contributed by atoms with E-state index in [0.29, 0.717) is 6.04 Å². The van der Waals surface area contributed by atoms with Gasteiger partial charge in [-0.1, -0.05) is 30.3 Å². The van der Waals surface area contributed by atoms with Gasteiger partial charge >= 0.3 is 0 Å². The molecule has 1 aromatic rings. The smallest absolute Gasteiger partial charge is 0.209 e. The van der Waals surface area contributed by atoms with Crippen molar-refractivity contribution in [2.75, 3.05) is 26.7 Å². The summed E-state index contributed by atoms with van der Waals surface area (Å²) in [6, 6.07) is 11.0. The standard InChI is InChI=1S/C15H22N2O/c1-16(11-9-14-6-3-2-4-7-14)12-15-8-5-10-17(15)13-18/h2-4,6-7,13,15H,5,8-12H2,1H3. The van der Waals surface area contributed by atoms with E-state index in [1.807, 2.05) is 11.0 Å². The maximum Gasteiger partial charge on any atom is 0.209 e. The zero-order valence-corrected chi connectivity index (χ0v) is 11.1. The topological polar surface area (TPSA) is 23.6 Å². The lowest BCUT2D eigenvalue weighted by molar-refractivity contribution is -0.119. The normalized spacial score (nSPS) is 19.4. The molecular formula is C15H22N2O. The Bertz CT molecular complexity index is 366. The van der Waals surface area contributed by atoms with Crippen LogP contribution in [-0.2, 0) is 11.2 Å². The summed E-state index contributed by atoms with van der Waals surface area (Å²) < 4.78 is 0. The fraction of sp³-hybridized carbons (Fsp3) is 0.533. The third-order valence-electron chi connectivity index (χ3n) is 3.71. The van der Waals surface area contributed by atoms with Gasteiger partial charge in [0.2, 0.25) is 6.41 Å². The summed E-state index contributed by atoms with van der Waals surface area (Å²) in [6.07, 6.45) is 4.37. The molecule has 18 heavy (non-hydrogen) atoms. The highest BCUT2D eigenvalue weighted by Gasteiger charge is 2.23. The number of rotatable bonds is 6. The number of amides is 1. The maximum atomic E-state index is 10.9. The van der Waals surface area contributed by atoms with E-state index in [9.17, 15) is 4.79 Å². The third kappa shape index (κ3) is 3.57. The first-order chi connectivity index (χ1) is 8.79. The first-order valence-corrected chi connectivity index (χ1v) is 6.73. The van der Waals surface area contributed by atoms with Crippen LogP contribution in [0, 0.1) is 0 Å². The largest absolute Gasteiger partial charge is 0.341 e. The van der Waals surface area contributed by atoms with Gasteiger partial charge in [-0.3, -0.25) is 4.79 Å². The molecular weight excluding hydrogens is 224 g/mol. The zero-order valence-electron chi connectivity index (χ0n) is 11.1. The number of carbonyl (C=O) groups excluding carboxylic acids is 1. The van der Waals surface area contributed by atoms with Crippen molar-refractivity contribution in [3.63, 3.8) is 0 Å². The Balaban J connectivity index is 1.75. The van der Waals surface area contributed by atoms with Gasteiger partial charge in [0.25, 0.3) is 0 Å². The molecule has 1 aromatic carbocycles. The van der Waals surface area contributed by atoms with Gasteiger partial charge in [0.15, 0.2) is 0 Å². The van der Waals surface area contributed by atoms with E-state index >= 15 is 0 Å². The van der Waals surface area contributed by atoms with Crippen LogP contribution < -0.4 is 0 Å². The minimum Gasteiger partial charge on any atom is -0.341 e. The first-order valence-electron chi connectivity index (χ1n) is 6.73. The van der Waals surface area contributed by atoms with Gasteiger partial charge in [0.1, 0.15) is 0 Å². The van der Waals surface area contributed by atoms with Gasteiger partial charge in [-0.15, -0.1) is 0 Å². The van der Waals surface area contributed by atoms with Crippen LogP contribution in [0.5, 0.6) is 0 Å². The average Bonchev–Trinajstić information content (AvgIpc) is 2.85. The van der Waals surface area contributed by atoms with Crippen LogP contribution in [0.25, 0.3) is 0 Å². The molecule has 1 saturated heterocycles. The predicted molar refractivity (Wildman–Crippen MR) is 73.4 cm³/mol. The monoisotopic (exact) mass is 246 g/mol. The first kappa shape index (κ1) is 13.1. The molecule has 1 aliphatic heterocycles. The van der Waals surface area contributed by atoms with Crippen molar-refractivity contribution in [1.82, 2.24) is 9.80 Å². The molecule has 2 rings (SSSR count). The van der Waals surface area contributed by atoms with Crippen molar-refractivity contribution in [3.8, 4) is 0 Å². The number of hydrogen-bond donors (Lipinski definition) is 0. The molecule has 1 aliphatic rings. The molecule has 1 atom stereocenters. The van der Waals surface area contributed by atoms with E-state index in [1.165, 1.54) is 5.56 Å². The average molecular weight is 246 g/mol. The van der Waals surface area contributed by atoms with Gasteiger partial charge < -0.3 is 9.80 Å². The van der Waals surface area contributed by atoms with Crippen molar-refractivity contribution in [1.29, 1.82) is 0 Å². The molecule has 98 valence electrons. The van der Waals surface area contributed by atoms with Crippen LogP contribution in [0.1, 0.15) is 18.4 Å². The molecule has 0 aromatic heterocycles. The summed E-state index contributed by atoms with van der Waals surface area (Å²) in [6.45, 7) is 2.97. The quantitative estimate of drug-likeness (QED) is 0.714. The van der Waals surface area contributed by atoms with Crippen LogP contribution in [0.4, 0.5) is 0 Å². The number of benzene rings is 1. The van der Waals surface area contributed by atoms with Crippen molar-refractivity contribution in [3.05, 3.63) is 35.9 Å². The number of hydrogen-bond acceptors (Lipinski definition) is 2. The molecule has 1 heterocycles. The lowest BCUT2D eigenvalue weighted by atomic mass is 10.1. The molecule has 0 bridgehead atoms. The Hall–Kier alpha value is -1.35. The van der Waals surface area contributed by atoms with Gasteiger partial charge in [-0.25, -0.2) is 0 Å². The fourth-order valence-electron chi connectivity index (χ4n) is 2.61. The van der Waals surface area contributed by atoms with Crippen molar-refractivity contribution in [2.45, 2.75) is 25.3 Å². The number of likely N-dealkylation sites (N-methyl/N-ethyl adjacent to an activating group) is 1. The van der Waals surface area contributed by atoms with Crippen molar-refractivity contribution >= 4 is 6.41 Å². The summed E-state index contributed by atoms with van der Waals surface area (Å²) in [5.74, 6) is 0. The van der Waals surface area contributed by atoms with Gasteiger partial charge in [-0.05, 0) is 31.9 Å². The predicted octanol–water partition coefficient (Wildman–Crippen LogP) is 1.78. The fourth-order valence-corrected chi connectivity index (χ4v) is 2.61. The van der Waals surface area contributed by atoms with E-state index in [2.05, 4.69) is 36.2 Å². The third-order valence-corrected chi connectivity index (χ3v) is 3.71. The second-order valence-electron chi connectivity index (χ2n) is 5.14. The molecule has 0 radical (unpaired) electrons. The second kappa shape index (κ2) is 6.55. The summed E-state index contributed by atoms with van der Waals surface area (Å²) in [5, 5.41) is 0. The summed E-state index contributed by atoms with van der Waals surface area (Å²) in [4.78, 5) is 15.2. The van der Waals surface area contributed by atoms with Gasteiger partial charge in [0.05, 0.1) is 0 Å². The molecule has 3 nitrogen and oxygen atoms in total. The van der Waals surface area contributed by atoms with Crippen molar-refractivity contribution < 1.29 is 4.79 Å². The highest BCUT2D eigenvalue weighted by atomic mass is 16.1. The maximum absolute atomic E-state index is 10.9. The Morgan fingerprint density at radius 3 is 2.89 bits per heavy atom. The molecule has 3 heteroatoms. The van der Waals surface area contributed by atoms with Crippen molar-refractivity contribution in [2.24, 2.45) is 0 Å². The summed E-state index contributed by atoms with van der Waals surface area (Å²) in [7, 11) is 2.14. The lowest BCUT2D eigenvalue weighted by Gasteiger charge is -2.25. The van der Waals surface area contributed by atoms with Crippen LogP contribution in [0.15, 0.2) is 30.3 Å². The van der Waals surface area contributed by atoms with Gasteiger partial charge in [0, 0.05) is 25.7 Å². The number of carbonyl (C=O) groups is 1. The highest BCUT2D eigenvalue weighted by Crippen LogP contribution is 2.15. The minimum atomic E-state index is 0.420. The van der Waals surface area contributed by atoms with E-state index in [4.69, 9.17) is 0 Å². The van der Waals surface area contributed by atoms with Gasteiger partial charge in [-0.2, -0.15) is 0 Å². The minimum absolute atomic E-state index is 0.420. The van der Waals surface area contributed by atoms with E-state index in [-0.39, 0.29) is 0 Å². The molecule has 0 aliphatic carbocycles. The van der Waals surface area contributed by atoms with E-state index in [0.717, 1.165) is 45.3 Å². The van der Waals surface area contributed by atoms with Crippen LogP contribution in [-0.4, -0.2) is 48.9 Å². The second-order valence-corrected chi connectivity index (χ2v) is 5.14. The zero-order chi connectivity index (χ0) is 12.8. The molecule has 1 unspecified atom stereocenters. The molecule has 0 N–H and O–H groups in total.